The highest BCUT2D eigenvalue weighted by atomic mass is 16.7. The fourth-order valence-electron chi connectivity index (χ4n) is 2.65. The minimum atomic E-state index is -0.273. The summed E-state index contributed by atoms with van der Waals surface area (Å²) >= 11 is 0. The van der Waals surface area contributed by atoms with Crippen LogP contribution < -0.4 is 15.0 Å². The number of para-hydroxylation sites is 1. The minimum absolute atomic E-state index is 0.273. The summed E-state index contributed by atoms with van der Waals surface area (Å²) in [5, 5.41) is 8.96. The van der Waals surface area contributed by atoms with Crippen molar-refractivity contribution in [2.75, 3.05) is 0 Å². The molecule has 1 aliphatic heterocycles. The number of nitriles is 1. The lowest BCUT2D eigenvalue weighted by Crippen LogP contribution is -2.12. The maximum Gasteiger partial charge on any atom is 0.216 e. The van der Waals surface area contributed by atoms with Gasteiger partial charge in [-0.15, -0.1) is 0 Å². The molecule has 5 nitrogen and oxygen atoms in total. The largest absolute Gasteiger partial charge is 0.457 e. The van der Waals surface area contributed by atoms with E-state index < -0.39 is 0 Å². The first-order chi connectivity index (χ1) is 13.3. The van der Waals surface area contributed by atoms with Crippen molar-refractivity contribution >= 4 is 0 Å². The van der Waals surface area contributed by atoms with Gasteiger partial charge < -0.3 is 9.47 Å². The van der Waals surface area contributed by atoms with Gasteiger partial charge in [0.2, 0.25) is 5.88 Å². The van der Waals surface area contributed by atoms with E-state index in [0.29, 0.717) is 17.2 Å². The minimum Gasteiger partial charge on any atom is -0.457 e. The smallest absolute Gasteiger partial charge is 0.216 e. The van der Waals surface area contributed by atoms with Gasteiger partial charge in [-0.2, -0.15) is 5.26 Å². The molecule has 1 aliphatic rings. The fourth-order valence-corrected chi connectivity index (χ4v) is 2.65. The van der Waals surface area contributed by atoms with Crippen molar-refractivity contribution in [1.29, 1.82) is 5.26 Å². The number of ether oxygens (including phenoxy) is 2. The first-order valence-electron chi connectivity index (χ1n) is 8.44. The van der Waals surface area contributed by atoms with Crippen LogP contribution in [0.25, 0.3) is 0 Å². The summed E-state index contributed by atoms with van der Waals surface area (Å²) < 4.78 is 11.5. The van der Waals surface area contributed by atoms with E-state index in [9.17, 15) is 0 Å². The molecule has 0 amide bonds. The molecule has 1 atom stereocenters. The Morgan fingerprint density at radius 3 is 2.33 bits per heavy atom. The zero-order valence-corrected chi connectivity index (χ0v) is 14.3. The molecule has 0 aliphatic carbocycles. The summed E-state index contributed by atoms with van der Waals surface area (Å²) in [6.07, 6.45) is 1.57. The van der Waals surface area contributed by atoms with Crippen LogP contribution >= 0.6 is 0 Å². The number of hydrogen-bond acceptors (Lipinski definition) is 5. The topological polar surface area (TPSA) is 63.5 Å². The molecule has 5 heteroatoms. The number of benzene rings is 3. The van der Waals surface area contributed by atoms with Crippen molar-refractivity contribution in [2.45, 2.75) is 6.10 Å². The second kappa shape index (κ2) is 7.65. The van der Waals surface area contributed by atoms with Gasteiger partial charge in [0, 0.05) is 6.08 Å². The van der Waals surface area contributed by atoms with Gasteiger partial charge in [-0.25, -0.2) is 5.48 Å². The SMILES string of the molecule is N#Cc1cccc(OC2=C[C@@H](c3ccc(Oc4ccccc4)cc3)ON2)c1. The molecule has 132 valence electrons. The molecule has 1 heterocycles. The summed E-state index contributed by atoms with van der Waals surface area (Å²) in [5.41, 5.74) is 4.27. The summed E-state index contributed by atoms with van der Waals surface area (Å²) in [6, 6.07) is 26.3. The van der Waals surface area contributed by atoms with Gasteiger partial charge >= 0.3 is 0 Å². The van der Waals surface area contributed by atoms with Crippen LogP contribution in [0.5, 0.6) is 17.2 Å². The molecule has 0 saturated heterocycles. The van der Waals surface area contributed by atoms with E-state index in [2.05, 4.69) is 11.5 Å². The molecule has 1 N–H and O–H groups in total. The van der Waals surface area contributed by atoms with Crippen LogP contribution in [0.2, 0.25) is 0 Å². The fraction of sp³-hybridized carbons (Fsp3) is 0.0455. The van der Waals surface area contributed by atoms with Gasteiger partial charge in [-0.3, -0.25) is 4.84 Å². The average Bonchev–Trinajstić information content (AvgIpc) is 3.18. The molecule has 3 aromatic carbocycles. The molecular weight excluding hydrogens is 340 g/mol. The Hall–Kier alpha value is -3.75. The van der Waals surface area contributed by atoms with Gasteiger partial charge in [0.05, 0.1) is 11.6 Å². The molecule has 4 rings (SSSR count). The van der Waals surface area contributed by atoms with Crippen molar-refractivity contribution in [2.24, 2.45) is 0 Å². The lowest BCUT2D eigenvalue weighted by atomic mass is 10.1. The highest BCUT2D eigenvalue weighted by Crippen LogP contribution is 2.28. The number of hydrogen-bond donors (Lipinski definition) is 1. The molecule has 0 spiro atoms. The van der Waals surface area contributed by atoms with Crippen LogP contribution in [0.3, 0.4) is 0 Å². The molecule has 0 fully saturated rings. The van der Waals surface area contributed by atoms with E-state index in [1.54, 1.807) is 24.3 Å². The predicted octanol–water partition coefficient (Wildman–Crippen LogP) is 4.85. The Morgan fingerprint density at radius 1 is 0.815 bits per heavy atom. The van der Waals surface area contributed by atoms with Gasteiger partial charge in [0.25, 0.3) is 0 Å². The molecule has 0 unspecified atom stereocenters. The Bertz CT molecular complexity index is 992. The van der Waals surface area contributed by atoms with Gasteiger partial charge in [0.15, 0.2) is 0 Å². The van der Waals surface area contributed by atoms with Gasteiger partial charge in [-0.05, 0) is 48.0 Å². The van der Waals surface area contributed by atoms with E-state index in [1.165, 1.54) is 0 Å². The second-order valence-electron chi connectivity index (χ2n) is 5.90. The van der Waals surface area contributed by atoms with Crippen molar-refractivity contribution in [3.05, 3.63) is 102 Å². The molecule has 3 aromatic rings. The van der Waals surface area contributed by atoms with E-state index in [0.717, 1.165) is 17.1 Å². The van der Waals surface area contributed by atoms with Crippen molar-refractivity contribution < 1.29 is 14.3 Å². The monoisotopic (exact) mass is 356 g/mol. The maximum atomic E-state index is 8.96. The molecule has 0 aromatic heterocycles. The Balaban J connectivity index is 1.42. The Labute approximate surface area is 157 Å². The standard InChI is InChI=1S/C22H16N2O3/c23-15-16-5-4-8-20(13-16)26-22-14-21(27-24-22)17-9-11-19(12-10-17)25-18-6-2-1-3-7-18/h1-14,21,24H/t21-/m0/s1. The quantitative estimate of drug-likeness (QED) is 0.708. The summed E-state index contributed by atoms with van der Waals surface area (Å²) in [4.78, 5) is 5.57. The summed E-state index contributed by atoms with van der Waals surface area (Å²) in [5.74, 6) is 2.60. The second-order valence-corrected chi connectivity index (χ2v) is 5.90. The third-order valence-electron chi connectivity index (χ3n) is 3.97. The van der Waals surface area contributed by atoms with Crippen LogP contribution in [-0.2, 0) is 4.84 Å². The zero-order valence-electron chi connectivity index (χ0n) is 14.3. The van der Waals surface area contributed by atoms with Crippen LogP contribution in [0, 0.1) is 11.3 Å². The third-order valence-corrected chi connectivity index (χ3v) is 3.97. The highest BCUT2D eigenvalue weighted by Gasteiger charge is 2.20. The average molecular weight is 356 g/mol. The van der Waals surface area contributed by atoms with Crippen molar-refractivity contribution in [3.63, 3.8) is 0 Å². The highest BCUT2D eigenvalue weighted by molar-refractivity contribution is 5.38. The first-order valence-corrected chi connectivity index (χ1v) is 8.44. The van der Waals surface area contributed by atoms with Crippen molar-refractivity contribution in [1.82, 2.24) is 5.48 Å². The lowest BCUT2D eigenvalue weighted by Gasteiger charge is -2.09. The Morgan fingerprint density at radius 2 is 1.56 bits per heavy atom. The number of nitrogens with one attached hydrogen (secondary N) is 1. The summed E-state index contributed by atoms with van der Waals surface area (Å²) in [7, 11) is 0. The first kappa shape index (κ1) is 16.7. The van der Waals surface area contributed by atoms with E-state index in [-0.39, 0.29) is 6.10 Å². The lowest BCUT2D eigenvalue weighted by molar-refractivity contribution is 0.0273. The molecule has 0 bridgehead atoms. The van der Waals surface area contributed by atoms with Crippen LogP contribution in [-0.4, -0.2) is 0 Å². The molecule has 0 saturated carbocycles. The van der Waals surface area contributed by atoms with Crippen LogP contribution in [0.15, 0.2) is 90.8 Å². The van der Waals surface area contributed by atoms with Crippen molar-refractivity contribution in [3.8, 4) is 23.3 Å². The molecule has 27 heavy (non-hydrogen) atoms. The number of nitrogens with zero attached hydrogens (tertiary/aromatic N) is 1. The van der Waals surface area contributed by atoms with E-state index >= 15 is 0 Å². The van der Waals surface area contributed by atoms with Crippen LogP contribution in [0.1, 0.15) is 17.2 Å². The third kappa shape index (κ3) is 4.09. The predicted molar refractivity (Wildman–Crippen MR) is 99.8 cm³/mol. The summed E-state index contributed by atoms with van der Waals surface area (Å²) in [6.45, 7) is 0. The molecular formula is C22H16N2O3. The normalized spacial score (nSPS) is 15.4. The molecule has 0 radical (unpaired) electrons. The van der Waals surface area contributed by atoms with Crippen LogP contribution in [0.4, 0.5) is 0 Å². The van der Waals surface area contributed by atoms with Gasteiger partial charge in [0.1, 0.15) is 23.4 Å². The zero-order chi connectivity index (χ0) is 18.5. The number of hydroxylamine groups is 1. The number of rotatable bonds is 5. The van der Waals surface area contributed by atoms with E-state index in [1.807, 2.05) is 60.7 Å². The van der Waals surface area contributed by atoms with Gasteiger partial charge in [-0.1, -0.05) is 36.4 Å². The Kier molecular flexibility index (Phi) is 4.73. The van der Waals surface area contributed by atoms with E-state index in [4.69, 9.17) is 19.6 Å². The maximum absolute atomic E-state index is 8.96.